The van der Waals surface area contributed by atoms with Crippen LogP contribution in [0, 0.1) is 6.92 Å². The first-order valence-corrected chi connectivity index (χ1v) is 9.94. The molecule has 9 heteroatoms. The fourth-order valence-corrected chi connectivity index (χ4v) is 3.19. The second-order valence-electron chi connectivity index (χ2n) is 5.89. The van der Waals surface area contributed by atoms with Crippen LogP contribution < -0.4 is 14.8 Å². The zero-order valence-electron chi connectivity index (χ0n) is 15.6. The summed E-state index contributed by atoms with van der Waals surface area (Å²) in [5, 5.41) is 2.67. The van der Waals surface area contributed by atoms with E-state index < -0.39 is 22.5 Å². The Morgan fingerprint density at radius 2 is 1.79 bits per heavy atom. The number of esters is 1. The van der Waals surface area contributed by atoms with Crippen molar-refractivity contribution in [2.45, 2.75) is 18.2 Å². The molecule has 0 radical (unpaired) electrons. The summed E-state index contributed by atoms with van der Waals surface area (Å²) in [6, 6.07) is 13.1. The molecule has 150 valence electrons. The van der Waals surface area contributed by atoms with Gasteiger partial charge in [0, 0.05) is 5.69 Å². The molecule has 0 saturated heterocycles. The van der Waals surface area contributed by atoms with Gasteiger partial charge in [0.2, 0.25) is 15.9 Å². The molecule has 0 heterocycles. The highest BCUT2D eigenvalue weighted by Gasteiger charge is 2.15. The Labute approximate surface area is 163 Å². The molecule has 0 aliphatic carbocycles. The number of methoxy groups -OCH3 is 1. The minimum atomic E-state index is -3.84. The summed E-state index contributed by atoms with van der Waals surface area (Å²) in [4.78, 5) is 23.0. The standard InChI is InChI=1S/C19H22N2O6S/c1-14-4-3-5-16(12-14)27-11-10-18(22)21-15-6-8-17(9-7-15)28(24,25)20-13-19(23)26-2/h3-9,12,20H,10-11,13H2,1-2H3,(H,21,22). The smallest absolute Gasteiger partial charge is 0.320 e. The number of carbonyl (C=O) groups excluding carboxylic acids is 2. The number of ether oxygens (including phenoxy) is 2. The Morgan fingerprint density at radius 3 is 2.43 bits per heavy atom. The van der Waals surface area contributed by atoms with E-state index in [2.05, 4.69) is 14.8 Å². The number of aryl methyl sites for hydroxylation is 1. The zero-order valence-corrected chi connectivity index (χ0v) is 16.4. The van der Waals surface area contributed by atoms with Gasteiger partial charge in [-0.15, -0.1) is 0 Å². The van der Waals surface area contributed by atoms with Crippen molar-refractivity contribution >= 4 is 27.6 Å². The summed E-state index contributed by atoms with van der Waals surface area (Å²) >= 11 is 0. The van der Waals surface area contributed by atoms with Crippen LogP contribution in [0.2, 0.25) is 0 Å². The molecule has 0 fully saturated rings. The first kappa shape index (κ1) is 21.4. The summed E-state index contributed by atoms with van der Waals surface area (Å²) in [6.45, 7) is 1.71. The van der Waals surface area contributed by atoms with E-state index in [1.807, 2.05) is 31.2 Å². The number of carbonyl (C=O) groups is 2. The van der Waals surface area contributed by atoms with Crippen molar-refractivity contribution in [3.63, 3.8) is 0 Å². The van der Waals surface area contributed by atoms with Crippen molar-refractivity contribution in [2.75, 3.05) is 25.6 Å². The Morgan fingerprint density at radius 1 is 1.07 bits per heavy atom. The van der Waals surface area contributed by atoms with E-state index in [4.69, 9.17) is 4.74 Å². The summed E-state index contributed by atoms with van der Waals surface area (Å²) in [5.41, 5.74) is 1.52. The van der Waals surface area contributed by atoms with Gasteiger partial charge < -0.3 is 14.8 Å². The molecule has 2 rings (SSSR count). The molecule has 0 aliphatic heterocycles. The lowest BCUT2D eigenvalue weighted by atomic mass is 10.2. The SMILES string of the molecule is COC(=O)CNS(=O)(=O)c1ccc(NC(=O)CCOc2cccc(C)c2)cc1. The van der Waals surface area contributed by atoms with Gasteiger partial charge in [-0.1, -0.05) is 12.1 Å². The van der Waals surface area contributed by atoms with Gasteiger partial charge in [0.1, 0.15) is 12.3 Å². The number of hydrogen-bond donors (Lipinski definition) is 2. The number of nitrogens with one attached hydrogen (secondary N) is 2. The summed E-state index contributed by atoms with van der Waals surface area (Å²) in [7, 11) is -2.68. The maximum atomic E-state index is 12.1. The van der Waals surface area contributed by atoms with E-state index in [1.54, 1.807) is 0 Å². The van der Waals surface area contributed by atoms with Gasteiger partial charge in [-0.2, -0.15) is 4.72 Å². The number of rotatable bonds is 9. The molecular formula is C19H22N2O6S. The second-order valence-corrected chi connectivity index (χ2v) is 7.66. The van der Waals surface area contributed by atoms with Gasteiger partial charge in [-0.25, -0.2) is 8.42 Å². The largest absolute Gasteiger partial charge is 0.493 e. The lowest BCUT2D eigenvalue weighted by Gasteiger charge is -2.09. The minimum Gasteiger partial charge on any atom is -0.493 e. The van der Waals surface area contributed by atoms with Crippen molar-refractivity contribution in [1.29, 1.82) is 0 Å². The van der Waals surface area contributed by atoms with Crippen molar-refractivity contribution in [1.82, 2.24) is 4.72 Å². The van der Waals surface area contributed by atoms with Crippen LogP contribution in [-0.2, 0) is 24.3 Å². The Kier molecular flexibility index (Phi) is 7.53. The van der Waals surface area contributed by atoms with E-state index in [-0.39, 0.29) is 23.8 Å². The lowest BCUT2D eigenvalue weighted by Crippen LogP contribution is -2.30. The first-order valence-electron chi connectivity index (χ1n) is 8.46. The lowest BCUT2D eigenvalue weighted by molar-refractivity contribution is -0.139. The van der Waals surface area contributed by atoms with Gasteiger partial charge in [0.25, 0.3) is 0 Å². The van der Waals surface area contributed by atoms with Crippen LogP contribution in [0.15, 0.2) is 53.4 Å². The quantitative estimate of drug-likeness (QED) is 0.615. The van der Waals surface area contributed by atoms with Crippen LogP contribution in [0.5, 0.6) is 5.75 Å². The average Bonchev–Trinajstić information content (AvgIpc) is 2.66. The van der Waals surface area contributed by atoms with Gasteiger partial charge in [-0.05, 0) is 48.9 Å². The van der Waals surface area contributed by atoms with Crippen LogP contribution in [0.25, 0.3) is 0 Å². The van der Waals surface area contributed by atoms with Gasteiger partial charge in [0.15, 0.2) is 0 Å². The zero-order chi connectivity index (χ0) is 20.6. The summed E-state index contributed by atoms with van der Waals surface area (Å²) in [6.07, 6.45) is 0.147. The Bertz CT molecular complexity index is 926. The number of sulfonamides is 1. The topological polar surface area (TPSA) is 111 Å². The molecule has 0 unspecified atom stereocenters. The fourth-order valence-electron chi connectivity index (χ4n) is 2.22. The predicted octanol–water partition coefficient (Wildman–Crippen LogP) is 1.85. The molecular weight excluding hydrogens is 384 g/mol. The highest BCUT2D eigenvalue weighted by Crippen LogP contribution is 2.15. The molecule has 2 aromatic carbocycles. The highest BCUT2D eigenvalue weighted by atomic mass is 32.2. The number of benzene rings is 2. The summed E-state index contributed by atoms with van der Waals surface area (Å²) < 4.78 is 36.2. The van der Waals surface area contributed by atoms with E-state index >= 15 is 0 Å². The normalized spacial score (nSPS) is 10.9. The maximum absolute atomic E-state index is 12.1. The molecule has 0 atom stereocenters. The molecule has 2 N–H and O–H groups in total. The minimum absolute atomic E-state index is 0.0304. The molecule has 28 heavy (non-hydrogen) atoms. The summed E-state index contributed by atoms with van der Waals surface area (Å²) in [5.74, 6) is -0.255. The molecule has 0 aromatic heterocycles. The van der Waals surface area contributed by atoms with Crippen LogP contribution >= 0.6 is 0 Å². The van der Waals surface area contributed by atoms with Crippen molar-refractivity contribution in [3.8, 4) is 5.75 Å². The number of anilines is 1. The average molecular weight is 406 g/mol. The van der Waals surface area contributed by atoms with E-state index in [0.29, 0.717) is 11.4 Å². The third-order valence-electron chi connectivity index (χ3n) is 3.67. The highest BCUT2D eigenvalue weighted by molar-refractivity contribution is 7.89. The van der Waals surface area contributed by atoms with E-state index in [0.717, 1.165) is 5.56 Å². The molecule has 0 saturated carbocycles. The molecule has 0 bridgehead atoms. The van der Waals surface area contributed by atoms with Crippen LogP contribution in [0.1, 0.15) is 12.0 Å². The van der Waals surface area contributed by atoms with E-state index in [1.165, 1.54) is 31.4 Å². The molecule has 2 aromatic rings. The van der Waals surface area contributed by atoms with Crippen molar-refractivity contribution in [2.24, 2.45) is 0 Å². The van der Waals surface area contributed by atoms with E-state index in [9.17, 15) is 18.0 Å². The van der Waals surface area contributed by atoms with Crippen LogP contribution in [-0.4, -0.2) is 40.6 Å². The molecule has 1 amide bonds. The third-order valence-corrected chi connectivity index (χ3v) is 5.09. The van der Waals surface area contributed by atoms with Crippen molar-refractivity contribution in [3.05, 3.63) is 54.1 Å². The van der Waals surface area contributed by atoms with Crippen molar-refractivity contribution < 1.29 is 27.5 Å². The van der Waals surface area contributed by atoms with Crippen LogP contribution in [0.3, 0.4) is 0 Å². The Hall–Kier alpha value is -2.91. The molecule has 0 aliphatic rings. The molecule has 0 spiro atoms. The fraction of sp³-hybridized carbons (Fsp3) is 0.263. The monoisotopic (exact) mass is 406 g/mol. The molecule has 8 nitrogen and oxygen atoms in total. The first-order chi connectivity index (χ1) is 13.3. The van der Waals surface area contributed by atoms with Gasteiger partial charge in [-0.3, -0.25) is 9.59 Å². The third kappa shape index (κ3) is 6.67. The maximum Gasteiger partial charge on any atom is 0.320 e. The van der Waals surface area contributed by atoms with Gasteiger partial charge in [0.05, 0.1) is 25.0 Å². The second kappa shape index (κ2) is 9.86. The van der Waals surface area contributed by atoms with Gasteiger partial charge >= 0.3 is 5.97 Å². The number of hydrogen-bond acceptors (Lipinski definition) is 6. The number of amides is 1. The Balaban J connectivity index is 1.84. The predicted molar refractivity (Wildman–Crippen MR) is 104 cm³/mol. The van der Waals surface area contributed by atoms with Crippen LogP contribution in [0.4, 0.5) is 5.69 Å².